The number of rotatable bonds is 5. The maximum absolute atomic E-state index is 5.99. The predicted molar refractivity (Wildman–Crippen MR) is 84.3 cm³/mol. The van der Waals surface area contributed by atoms with E-state index < -0.39 is 0 Å². The van der Waals surface area contributed by atoms with Gasteiger partial charge in [0, 0.05) is 18.6 Å². The molecule has 1 aromatic carbocycles. The lowest BCUT2D eigenvalue weighted by atomic mass is 9.99. The van der Waals surface area contributed by atoms with Crippen LogP contribution in [0.2, 0.25) is 0 Å². The topological polar surface area (TPSA) is 38.5 Å². The molecule has 3 heteroatoms. The normalized spacial score (nSPS) is 23.8. The maximum atomic E-state index is 5.99. The molecule has 1 aliphatic heterocycles. The summed E-state index contributed by atoms with van der Waals surface area (Å²) in [6.07, 6.45) is 3.33. The molecule has 1 saturated heterocycles. The lowest BCUT2D eigenvalue weighted by Gasteiger charge is -2.36. The van der Waals surface area contributed by atoms with E-state index in [9.17, 15) is 0 Å². The van der Waals surface area contributed by atoms with Gasteiger partial charge in [-0.15, -0.1) is 0 Å². The first kappa shape index (κ1) is 15.3. The first-order chi connectivity index (χ1) is 9.56. The van der Waals surface area contributed by atoms with Crippen molar-refractivity contribution in [2.45, 2.75) is 52.1 Å². The third kappa shape index (κ3) is 4.22. The molecule has 20 heavy (non-hydrogen) atoms. The van der Waals surface area contributed by atoms with Crippen molar-refractivity contribution in [3.63, 3.8) is 0 Å². The smallest absolute Gasteiger partial charge is 0.119 e. The van der Waals surface area contributed by atoms with Crippen LogP contribution in [0, 0.1) is 13.8 Å². The fourth-order valence-electron chi connectivity index (χ4n) is 2.85. The number of piperidine rings is 1. The Bertz CT molecular complexity index is 433. The van der Waals surface area contributed by atoms with Crippen molar-refractivity contribution < 1.29 is 4.74 Å². The fraction of sp³-hybridized carbons (Fsp3) is 0.647. The largest absolute Gasteiger partial charge is 0.494 e. The minimum atomic E-state index is 0.396. The molecule has 0 amide bonds. The fourth-order valence-corrected chi connectivity index (χ4v) is 2.85. The summed E-state index contributed by atoms with van der Waals surface area (Å²) in [5.41, 5.74) is 8.60. The number of benzene rings is 1. The molecule has 1 heterocycles. The Balaban J connectivity index is 1.69. The van der Waals surface area contributed by atoms with Crippen LogP contribution >= 0.6 is 0 Å². The van der Waals surface area contributed by atoms with Gasteiger partial charge in [0.05, 0.1) is 6.61 Å². The van der Waals surface area contributed by atoms with E-state index in [0.29, 0.717) is 12.1 Å². The minimum absolute atomic E-state index is 0.396. The standard InChI is InChI=1S/C17H28N2O/c1-13-5-6-17(11-14(13)2)20-10-4-8-19-9-7-16(18)12-15(19)3/h5-6,11,15-16H,4,7-10,12,18H2,1-3H3. The molecule has 1 aromatic rings. The zero-order valence-corrected chi connectivity index (χ0v) is 13.1. The van der Waals surface area contributed by atoms with Gasteiger partial charge >= 0.3 is 0 Å². The minimum Gasteiger partial charge on any atom is -0.494 e. The Morgan fingerprint density at radius 1 is 1.30 bits per heavy atom. The average molecular weight is 276 g/mol. The van der Waals surface area contributed by atoms with Crippen molar-refractivity contribution in [3.05, 3.63) is 29.3 Å². The highest BCUT2D eigenvalue weighted by Gasteiger charge is 2.22. The van der Waals surface area contributed by atoms with Crippen LogP contribution in [0.4, 0.5) is 0 Å². The lowest BCUT2D eigenvalue weighted by Crippen LogP contribution is -2.46. The quantitative estimate of drug-likeness (QED) is 0.840. The predicted octanol–water partition coefficient (Wildman–Crippen LogP) is 2.88. The molecule has 1 aliphatic rings. The van der Waals surface area contributed by atoms with Gasteiger partial charge in [0.2, 0.25) is 0 Å². The molecular weight excluding hydrogens is 248 g/mol. The molecule has 0 bridgehead atoms. The van der Waals surface area contributed by atoms with Crippen molar-refractivity contribution in [2.75, 3.05) is 19.7 Å². The zero-order valence-electron chi connectivity index (χ0n) is 13.1. The summed E-state index contributed by atoms with van der Waals surface area (Å²) in [6.45, 7) is 9.56. The highest BCUT2D eigenvalue weighted by molar-refractivity contribution is 5.33. The molecule has 2 atom stereocenters. The monoisotopic (exact) mass is 276 g/mol. The number of hydrogen-bond acceptors (Lipinski definition) is 3. The van der Waals surface area contributed by atoms with E-state index >= 15 is 0 Å². The molecule has 0 aliphatic carbocycles. The van der Waals surface area contributed by atoms with E-state index in [2.05, 4.69) is 43.9 Å². The van der Waals surface area contributed by atoms with Crippen LogP contribution in [0.3, 0.4) is 0 Å². The van der Waals surface area contributed by atoms with Gasteiger partial charge in [-0.25, -0.2) is 0 Å². The van der Waals surface area contributed by atoms with Gasteiger partial charge in [-0.1, -0.05) is 6.07 Å². The number of hydrogen-bond donors (Lipinski definition) is 1. The summed E-state index contributed by atoms with van der Waals surface area (Å²) in [5, 5.41) is 0. The SMILES string of the molecule is Cc1ccc(OCCCN2CCC(N)CC2C)cc1C. The Morgan fingerprint density at radius 2 is 2.10 bits per heavy atom. The van der Waals surface area contributed by atoms with Gasteiger partial charge in [0.25, 0.3) is 0 Å². The van der Waals surface area contributed by atoms with E-state index in [-0.39, 0.29) is 0 Å². The second kappa shape index (κ2) is 7.09. The van der Waals surface area contributed by atoms with Gasteiger partial charge in [-0.2, -0.15) is 0 Å². The number of aryl methyl sites for hydroxylation is 2. The van der Waals surface area contributed by atoms with Crippen LogP contribution in [0.15, 0.2) is 18.2 Å². The van der Waals surface area contributed by atoms with E-state index in [0.717, 1.165) is 44.7 Å². The first-order valence-corrected chi connectivity index (χ1v) is 7.76. The maximum Gasteiger partial charge on any atom is 0.119 e. The number of likely N-dealkylation sites (tertiary alicyclic amines) is 1. The van der Waals surface area contributed by atoms with Crippen molar-refractivity contribution in [3.8, 4) is 5.75 Å². The van der Waals surface area contributed by atoms with Gasteiger partial charge in [0.1, 0.15) is 5.75 Å². The van der Waals surface area contributed by atoms with Crippen LogP contribution in [0.5, 0.6) is 5.75 Å². The third-order valence-electron chi connectivity index (χ3n) is 4.39. The summed E-state index contributed by atoms with van der Waals surface area (Å²) in [7, 11) is 0. The molecule has 112 valence electrons. The number of nitrogens with two attached hydrogens (primary N) is 1. The Morgan fingerprint density at radius 3 is 2.80 bits per heavy atom. The molecule has 3 nitrogen and oxygen atoms in total. The Kier molecular flexibility index (Phi) is 5.44. The summed E-state index contributed by atoms with van der Waals surface area (Å²) in [5.74, 6) is 0.988. The average Bonchev–Trinajstić information content (AvgIpc) is 2.40. The molecule has 2 rings (SSSR count). The van der Waals surface area contributed by atoms with Crippen molar-refractivity contribution in [2.24, 2.45) is 5.73 Å². The van der Waals surface area contributed by atoms with Gasteiger partial charge in [0.15, 0.2) is 0 Å². The summed E-state index contributed by atoms with van der Waals surface area (Å²) < 4.78 is 5.84. The molecular formula is C17H28N2O. The van der Waals surface area contributed by atoms with Crippen LogP contribution in [-0.2, 0) is 0 Å². The van der Waals surface area contributed by atoms with Crippen LogP contribution < -0.4 is 10.5 Å². The number of nitrogens with zero attached hydrogens (tertiary/aromatic N) is 1. The van der Waals surface area contributed by atoms with Gasteiger partial charge in [-0.05, 0) is 69.8 Å². The van der Waals surface area contributed by atoms with Crippen LogP contribution in [0.25, 0.3) is 0 Å². The van der Waals surface area contributed by atoms with Gasteiger partial charge < -0.3 is 15.4 Å². The molecule has 0 spiro atoms. The van der Waals surface area contributed by atoms with Crippen molar-refractivity contribution in [1.82, 2.24) is 4.90 Å². The molecule has 0 saturated carbocycles. The molecule has 1 fully saturated rings. The lowest BCUT2D eigenvalue weighted by molar-refractivity contribution is 0.137. The second-order valence-electron chi connectivity index (χ2n) is 6.12. The first-order valence-electron chi connectivity index (χ1n) is 7.76. The summed E-state index contributed by atoms with van der Waals surface area (Å²) in [4.78, 5) is 2.53. The highest BCUT2D eigenvalue weighted by atomic mass is 16.5. The molecule has 0 radical (unpaired) electrons. The second-order valence-corrected chi connectivity index (χ2v) is 6.12. The molecule has 2 unspecified atom stereocenters. The molecule has 0 aromatic heterocycles. The van der Waals surface area contributed by atoms with E-state index in [1.807, 2.05) is 0 Å². The number of ether oxygens (including phenoxy) is 1. The zero-order chi connectivity index (χ0) is 14.5. The summed E-state index contributed by atoms with van der Waals surface area (Å²) >= 11 is 0. The van der Waals surface area contributed by atoms with E-state index in [1.54, 1.807) is 0 Å². The van der Waals surface area contributed by atoms with E-state index in [1.165, 1.54) is 11.1 Å². The third-order valence-corrected chi connectivity index (χ3v) is 4.39. The highest BCUT2D eigenvalue weighted by Crippen LogP contribution is 2.18. The summed E-state index contributed by atoms with van der Waals surface area (Å²) in [6, 6.07) is 7.31. The Labute approximate surface area is 123 Å². The van der Waals surface area contributed by atoms with E-state index in [4.69, 9.17) is 10.5 Å². The van der Waals surface area contributed by atoms with Crippen LogP contribution in [0.1, 0.15) is 37.3 Å². The van der Waals surface area contributed by atoms with Crippen LogP contribution in [-0.4, -0.2) is 36.7 Å². The van der Waals surface area contributed by atoms with Gasteiger partial charge in [-0.3, -0.25) is 0 Å². The molecule has 2 N–H and O–H groups in total. The Hall–Kier alpha value is -1.06. The van der Waals surface area contributed by atoms with Crippen molar-refractivity contribution in [1.29, 1.82) is 0 Å². The van der Waals surface area contributed by atoms with Crippen molar-refractivity contribution >= 4 is 0 Å².